The average molecular weight is 556 g/mol. The summed E-state index contributed by atoms with van der Waals surface area (Å²) in [5, 5.41) is 12.5. The molecule has 2 heterocycles. The molecule has 0 aliphatic carbocycles. The van der Waals surface area contributed by atoms with E-state index < -0.39 is 10.0 Å². The fourth-order valence-electron chi connectivity index (χ4n) is 2.95. The molecule has 0 radical (unpaired) electrons. The number of rotatable bonds is 5. The van der Waals surface area contributed by atoms with Crippen LogP contribution in [0.1, 0.15) is 11.3 Å². The number of thiophene rings is 1. The molecule has 28 heavy (non-hydrogen) atoms. The summed E-state index contributed by atoms with van der Waals surface area (Å²) in [7, 11) is -1.94. The Morgan fingerprint density at radius 1 is 1.39 bits per heavy atom. The van der Waals surface area contributed by atoms with Crippen molar-refractivity contribution in [2.24, 2.45) is 10.1 Å². The van der Waals surface area contributed by atoms with E-state index in [1.54, 1.807) is 13.1 Å². The normalized spacial score (nSPS) is 17.3. The predicted molar refractivity (Wildman–Crippen MR) is 127 cm³/mol. The Hall–Kier alpha value is -1.08. The fourth-order valence-corrected chi connectivity index (χ4v) is 4.85. The molecule has 3 rings (SSSR count). The first-order valence-corrected chi connectivity index (χ1v) is 11.2. The molecule has 11 heteroatoms. The first-order valence-electron chi connectivity index (χ1n) is 8.44. The van der Waals surface area contributed by atoms with Crippen LogP contribution in [0.15, 0.2) is 45.6 Å². The zero-order valence-corrected chi connectivity index (χ0v) is 20.0. The second kappa shape index (κ2) is 10.1. The van der Waals surface area contributed by atoms with Crippen LogP contribution in [0.2, 0.25) is 5.02 Å². The highest BCUT2D eigenvalue weighted by atomic mass is 127. The topological polar surface area (TPSA) is 99.8 Å². The molecule has 1 aliphatic heterocycles. The number of aliphatic imine (C=N–C) groups is 1. The Kier molecular flexibility index (Phi) is 8.37. The van der Waals surface area contributed by atoms with E-state index in [0.29, 0.717) is 12.5 Å². The minimum absolute atomic E-state index is 0. The van der Waals surface area contributed by atoms with Crippen molar-refractivity contribution in [3.05, 3.63) is 46.3 Å². The van der Waals surface area contributed by atoms with E-state index in [4.69, 9.17) is 16.7 Å². The smallest absolute Gasteiger partial charge is 0.247 e. The first-order chi connectivity index (χ1) is 12.8. The van der Waals surface area contributed by atoms with Gasteiger partial charge in [0.05, 0.1) is 6.54 Å². The van der Waals surface area contributed by atoms with Crippen LogP contribution < -0.4 is 20.7 Å². The van der Waals surface area contributed by atoms with Gasteiger partial charge in [-0.05, 0) is 36.8 Å². The number of hydrogen-bond acceptors (Lipinski definition) is 5. The quantitative estimate of drug-likeness (QED) is 0.299. The van der Waals surface area contributed by atoms with Gasteiger partial charge in [-0.25, -0.2) is 13.6 Å². The number of nitrogens with two attached hydrogens (primary N) is 1. The molecule has 1 aliphatic rings. The van der Waals surface area contributed by atoms with Gasteiger partial charge in [0, 0.05) is 41.8 Å². The van der Waals surface area contributed by atoms with Crippen LogP contribution >= 0.6 is 46.9 Å². The summed E-state index contributed by atoms with van der Waals surface area (Å²) in [6.07, 6.45) is 0.988. The minimum Gasteiger partial charge on any atom is -0.369 e. The van der Waals surface area contributed by atoms with Crippen molar-refractivity contribution in [2.75, 3.05) is 25.0 Å². The number of nitrogens with zero attached hydrogens (tertiary/aromatic N) is 2. The summed E-state index contributed by atoms with van der Waals surface area (Å²) < 4.78 is 22.9. The number of primary sulfonamides is 1. The summed E-state index contributed by atoms with van der Waals surface area (Å²) in [6.45, 7) is 2.28. The second-order valence-corrected chi connectivity index (χ2v) is 9.64. The number of sulfonamides is 1. The lowest BCUT2D eigenvalue weighted by Crippen LogP contribution is -2.44. The molecule has 7 nitrogen and oxygen atoms in total. The number of halogens is 2. The van der Waals surface area contributed by atoms with Crippen LogP contribution in [0.3, 0.4) is 0 Å². The van der Waals surface area contributed by atoms with E-state index in [0.717, 1.165) is 46.4 Å². The van der Waals surface area contributed by atoms with E-state index in [1.807, 2.05) is 18.2 Å². The lowest BCUT2D eigenvalue weighted by molar-refractivity contribution is 0.600. The number of hydrogen-bond donors (Lipinski definition) is 3. The molecular weight excluding hydrogens is 533 g/mol. The molecule has 0 spiro atoms. The van der Waals surface area contributed by atoms with Gasteiger partial charge >= 0.3 is 0 Å². The Labute approximate surface area is 191 Å². The average Bonchev–Trinajstić information content (AvgIpc) is 3.28. The van der Waals surface area contributed by atoms with Gasteiger partial charge in [-0.2, -0.15) is 0 Å². The second-order valence-electron chi connectivity index (χ2n) is 6.25. The third-order valence-electron chi connectivity index (χ3n) is 4.27. The van der Waals surface area contributed by atoms with E-state index in [1.165, 1.54) is 6.07 Å². The molecule has 0 saturated carbocycles. The fraction of sp³-hybridized carbons (Fsp3) is 0.353. The van der Waals surface area contributed by atoms with Crippen LogP contribution in [-0.4, -0.2) is 40.6 Å². The van der Waals surface area contributed by atoms with Crippen molar-refractivity contribution < 1.29 is 8.42 Å². The lowest BCUT2D eigenvalue weighted by atomic mass is 10.3. The molecule has 1 aromatic carbocycles. The minimum atomic E-state index is -3.65. The molecular formula is C17H23ClIN5O2S2. The number of guanidine groups is 1. The zero-order chi connectivity index (χ0) is 19.4. The van der Waals surface area contributed by atoms with Crippen molar-refractivity contribution in [3.8, 4) is 0 Å². The van der Waals surface area contributed by atoms with Gasteiger partial charge in [0.25, 0.3) is 0 Å². The highest BCUT2D eigenvalue weighted by Crippen LogP contribution is 2.23. The van der Waals surface area contributed by atoms with Gasteiger partial charge < -0.3 is 15.5 Å². The van der Waals surface area contributed by atoms with Crippen molar-refractivity contribution in [3.63, 3.8) is 0 Å². The molecule has 154 valence electrons. The first kappa shape index (κ1) is 23.2. The number of benzene rings is 1. The SMILES string of the molecule is CN=C(NCc1ccc(S(N)(=O)=O)s1)NC1CCN(c2cccc(Cl)c2)C1.I. The molecule has 0 amide bonds. The van der Waals surface area contributed by atoms with Crippen LogP contribution in [0.25, 0.3) is 0 Å². The summed E-state index contributed by atoms with van der Waals surface area (Å²) >= 11 is 7.23. The number of anilines is 1. The third-order valence-corrected chi connectivity index (χ3v) is 7.03. The van der Waals surface area contributed by atoms with E-state index >= 15 is 0 Å². The van der Waals surface area contributed by atoms with Crippen molar-refractivity contribution in [1.82, 2.24) is 10.6 Å². The Morgan fingerprint density at radius 3 is 2.82 bits per heavy atom. The third kappa shape index (κ3) is 6.21. The maximum absolute atomic E-state index is 11.4. The van der Waals surface area contributed by atoms with E-state index in [2.05, 4.69) is 26.6 Å². The zero-order valence-electron chi connectivity index (χ0n) is 15.3. The standard InChI is InChI=1S/C17H22ClN5O2S2.HI/c1-20-17(21-10-15-5-6-16(26-15)27(19,24)25)22-13-7-8-23(11-13)14-4-2-3-12(18)9-14;/h2-6,9,13H,7-8,10-11H2,1H3,(H2,19,24,25)(H2,20,21,22);1H. The largest absolute Gasteiger partial charge is 0.369 e. The molecule has 1 atom stereocenters. The van der Waals surface area contributed by atoms with Crippen molar-refractivity contribution in [1.29, 1.82) is 0 Å². The highest BCUT2D eigenvalue weighted by Gasteiger charge is 2.23. The lowest BCUT2D eigenvalue weighted by Gasteiger charge is -2.20. The molecule has 1 aromatic heterocycles. The Bertz CT molecular complexity index is 935. The maximum atomic E-state index is 11.4. The van der Waals surface area contributed by atoms with Gasteiger partial charge in [0.2, 0.25) is 10.0 Å². The van der Waals surface area contributed by atoms with Crippen LogP contribution in [0, 0.1) is 0 Å². The summed E-state index contributed by atoms with van der Waals surface area (Å²) in [5.74, 6) is 0.679. The van der Waals surface area contributed by atoms with Gasteiger partial charge in [-0.1, -0.05) is 17.7 Å². The summed E-state index contributed by atoms with van der Waals surface area (Å²) in [6, 6.07) is 11.4. The number of nitrogens with one attached hydrogen (secondary N) is 2. The van der Waals surface area contributed by atoms with E-state index in [9.17, 15) is 8.42 Å². The molecule has 1 fully saturated rings. The van der Waals surface area contributed by atoms with Gasteiger partial charge in [-0.15, -0.1) is 35.3 Å². The maximum Gasteiger partial charge on any atom is 0.247 e. The van der Waals surface area contributed by atoms with Gasteiger partial charge in [0.15, 0.2) is 5.96 Å². The van der Waals surface area contributed by atoms with Gasteiger partial charge in [0.1, 0.15) is 4.21 Å². The van der Waals surface area contributed by atoms with Crippen LogP contribution in [0.5, 0.6) is 0 Å². The molecule has 2 aromatic rings. The van der Waals surface area contributed by atoms with Crippen molar-refractivity contribution >= 4 is 68.6 Å². The Balaban J connectivity index is 0.00000280. The molecule has 0 bridgehead atoms. The summed E-state index contributed by atoms with van der Waals surface area (Å²) in [5.41, 5.74) is 1.11. The monoisotopic (exact) mass is 555 g/mol. The van der Waals surface area contributed by atoms with Crippen molar-refractivity contribution in [2.45, 2.75) is 23.2 Å². The van der Waals surface area contributed by atoms with Crippen LogP contribution in [0.4, 0.5) is 5.69 Å². The molecule has 1 unspecified atom stereocenters. The highest BCUT2D eigenvalue weighted by molar-refractivity contribution is 14.0. The molecule has 4 N–H and O–H groups in total. The predicted octanol–water partition coefficient (Wildman–Crippen LogP) is 2.61. The molecule has 1 saturated heterocycles. The summed E-state index contributed by atoms with van der Waals surface area (Å²) in [4.78, 5) is 7.41. The van der Waals surface area contributed by atoms with Crippen LogP contribution in [-0.2, 0) is 16.6 Å². The Morgan fingerprint density at radius 2 is 2.18 bits per heavy atom. The van der Waals surface area contributed by atoms with E-state index in [-0.39, 0.29) is 34.2 Å². The van der Waals surface area contributed by atoms with Gasteiger partial charge in [-0.3, -0.25) is 4.99 Å².